The summed E-state index contributed by atoms with van der Waals surface area (Å²) in [6, 6.07) is 14.9. The Labute approximate surface area is 164 Å². The highest BCUT2D eigenvalue weighted by Crippen LogP contribution is 2.23. The fourth-order valence-electron chi connectivity index (χ4n) is 3.16. The molecule has 1 unspecified atom stereocenters. The molecule has 2 amide bonds. The summed E-state index contributed by atoms with van der Waals surface area (Å²) >= 11 is 0. The van der Waals surface area contributed by atoms with Gasteiger partial charge >= 0.3 is 0 Å². The monoisotopic (exact) mass is 378 g/mol. The standard InChI is InChI=1S/C22H26N4O2/c1-22(2,3)16-10-8-15(9-11-16)13-24-21(28)19(12-20(23)27)26-14-25-17-6-4-5-7-18(17)26/h4-11,14,19H,12-13H2,1-3H3,(H2,23,27)(H,24,28). The number of nitrogens with zero attached hydrogens (tertiary/aromatic N) is 2. The summed E-state index contributed by atoms with van der Waals surface area (Å²) < 4.78 is 1.71. The van der Waals surface area contributed by atoms with Gasteiger partial charge in [-0.15, -0.1) is 0 Å². The van der Waals surface area contributed by atoms with Crippen LogP contribution in [0.25, 0.3) is 11.0 Å². The van der Waals surface area contributed by atoms with Gasteiger partial charge in [-0.2, -0.15) is 0 Å². The Hall–Kier alpha value is -3.15. The maximum Gasteiger partial charge on any atom is 0.243 e. The van der Waals surface area contributed by atoms with Crippen LogP contribution in [0.3, 0.4) is 0 Å². The number of carbonyl (C=O) groups excluding carboxylic acids is 2. The third-order valence-corrected chi connectivity index (χ3v) is 4.80. The Kier molecular flexibility index (Phi) is 5.49. The van der Waals surface area contributed by atoms with Gasteiger partial charge in [0.05, 0.1) is 23.8 Å². The number of carbonyl (C=O) groups is 2. The molecule has 2 aromatic carbocycles. The number of amides is 2. The SMILES string of the molecule is CC(C)(C)c1ccc(CNC(=O)C(CC(N)=O)n2cnc3ccccc32)cc1. The number of hydrogen-bond acceptors (Lipinski definition) is 3. The van der Waals surface area contributed by atoms with Crippen molar-refractivity contribution in [2.75, 3.05) is 0 Å². The number of hydrogen-bond donors (Lipinski definition) is 2. The van der Waals surface area contributed by atoms with E-state index in [2.05, 4.69) is 43.2 Å². The lowest BCUT2D eigenvalue weighted by Gasteiger charge is -2.20. The van der Waals surface area contributed by atoms with Gasteiger partial charge < -0.3 is 15.6 Å². The molecule has 0 radical (unpaired) electrons. The Balaban J connectivity index is 1.76. The lowest BCUT2D eigenvalue weighted by Crippen LogP contribution is -2.34. The Bertz CT molecular complexity index is 984. The number of nitrogens with one attached hydrogen (secondary N) is 1. The molecule has 1 heterocycles. The highest BCUT2D eigenvalue weighted by Gasteiger charge is 2.24. The highest BCUT2D eigenvalue weighted by molar-refractivity contribution is 5.88. The molecular weight excluding hydrogens is 352 g/mol. The quantitative estimate of drug-likeness (QED) is 0.691. The van der Waals surface area contributed by atoms with Crippen LogP contribution in [0, 0.1) is 0 Å². The Morgan fingerprint density at radius 3 is 2.43 bits per heavy atom. The third kappa shape index (κ3) is 4.39. The summed E-state index contributed by atoms with van der Waals surface area (Å²) in [5.41, 5.74) is 9.26. The number of primary amides is 1. The summed E-state index contributed by atoms with van der Waals surface area (Å²) in [5.74, 6) is -0.797. The van der Waals surface area contributed by atoms with Gasteiger partial charge in [-0.05, 0) is 28.7 Å². The number of aromatic nitrogens is 2. The molecule has 0 aliphatic rings. The predicted molar refractivity (Wildman–Crippen MR) is 110 cm³/mol. The predicted octanol–water partition coefficient (Wildman–Crippen LogP) is 3.07. The number of para-hydroxylation sites is 2. The molecule has 0 fully saturated rings. The van der Waals surface area contributed by atoms with Gasteiger partial charge in [-0.25, -0.2) is 4.98 Å². The van der Waals surface area contributed by atoms with Gasteiger partial charge in [0.2, 0.25) is 11.8 Å². The summed E-state index contributed by atoms with van der Waals surface area (Å²) in [6.45, 7) is 6.86. The molecular formula is C22H26N4O2. The van der Waals surface area contributed by atoms with Crippen LogP contribution in [0.1, 0.15) is 44.4 Å². The van der Waals surface area contributed by atoms with E-state index in [9.17, 15) is 9.59 Å². The Morgan fingerprint density at radius 1 is 1.11 bits per heavy atom. The van der Waals surface area contributed by atoms with E-state index in [1.165, 1.54) is 5.56 Å². The number of nitrogens with two attached hydrogens (primary N) is 1. The largest absolute Gasteiger partial charge is 0.370 e. The molecule has 3 rings (SSSR count). The van der Waals surface area contributed by atoms with Gasteiger partial charge in [0.25, 0.3) is 0 Å². The van der Waals surface area contributed by atoms with Crippen molar-refractivity contribution in [2.45, 2.75) is 45.2 Å². The number of imidazole rings is 1. The Morgan fingerprint density at radius 2 is 1.79 bits per heavy atom. The topological polar surface area (TPSA) is 90.0 Å². The fraction of sp³-hybridized carbons (Fsp3) is 0.318. The minimum Gasteiger partial charge on any atom is -0.370 e. The first-order valence-electron chi connectivity index (χ1n) is 9.33. The average molecular weight is 378 g/mol. The van der Waals surface area contributed by atoms with E-state index in [0.29, 0.717) is 6.54 Å². The highest BCUT2D eigenvalue weighted by atomic mass is 16.2. The molecule has 146 valence electrons. The molecule has 0 spiro atoms. The molecule has 6 nitrogen and oxygen atoms in total. The zero-order valence-corrected chi connectivity index (χ0v) is 16.5. The van der Waals surface area contributed by atoms with Crippen molar-refractivity contribution in [1.29, 1.82) is 0 Å². The van der Waals surface area contributed by atoms with Gasteiger partial charge in [-0.1, -0.05) is 57.2 Å². The minimum absolute atomic E-state index is 0.0802. The molecule has 3 N–H and O–H groups in total. The second-order valence-electron chi connectivity index (χ2n) is 7.99. The zero-order valence-electron chi connectivity index (χ0n) is 16.5. The van der Waals surface area contributed by atoms with Crippen LogP contribution in [0.5, 0.6) is 0 Å². The summed E-state index contributed by atoms with van der Waals surface area (Å²) in [5, 5.41) is 2.92. The lowest BCUT2D eigenvalue weighted by molar-refractivity contribution is -0.128. The molecule has 0 saturated heterocycles. The lowest BCUT2D eigenvalue weighted by atomic mass is 9.87. The normalized spacial score (nSPS) is 12.7. The van der Waals surface area contributed by atoms with Crippen molar-refractivity contribution in [3.05, 3.63) is 66.0 Å². The first-order valence-corrected chi connectivity index (χ1v) is 9.33. The first-order chi connectivity index (χ1) is 13.3. The molecule has 6 heteroatoms. The summed E-state index contributed by atoms with van der Waals surface area (Å²) in [6.07, 6.45) is 1.49. The van der Waals surface area contributed by atoms with Crippen LogP contribution in [-0.4, -0.2) is 21.4 Å². The molecule has 0 saturated carbocycles. The van der Waals surface area contributed by atoms with Crippen molar-refractivity contribution in [2.24, 2.45) is 5.73 Å². The van der Waals surface area contributed by atoms with E-state index in [-0.39, 0.29) is 17.7 Å². The maximum absolute atomic E-state index is 12.9. The van der Waals surface area contributed by atoms with E-state index >= 15 is 0 Å². The van der Waals surface area contributed by atoms with Gasteiger partial charge in [-0.3, -0.25) is 9.59 Å². The minimum atomic E-state index is -0.737. The molecule has 28 heavy (non-hydrogen) atoms. The number of fused-ring (bicyclic) bond motifs is 1. The molecule has 0 aliphatic heterocycles. The van der Waals surface area contributed by atoms with E-state index in [4.69, 9.17) is 5.73 Å². The van der Waals surface area contributed by atoms with Crippen LogP contribution in [0.2, 0.25) is 0 Å². The second kappa shape index (κ2) is 7.84. The smallest absolute Gasteiger partial charge is 0.243 e. The summed E-state index contributed by atoms with van der Waals surface area (Å²) in [7, 11) is 0. The van der Waals surface area contributed by atoms with Gasteiger partial charge in [0.15, 0.2) is 0 Å². The van der Waals surface area contributed by atoms with Crippen LogP contribution < -0.4 is 11.1 Å². The molecule has 0 bridgehead atoms. The van der Waals surface area contributed by atoms with Crippen molar-refractivity contribution in [3.63, 3.8) is 0 Å². The van der Waals surface area contributed by atoms with Crippen molar-refractivity contribution >= 4 is 22.8 Å². The zero-order chi connectivity index (χ0) is 20.3. The van der Waals surface area contributed by atoms with Crippen LogP contribution in [-0.2, 0) is 21.5 Å². The molecule has 1 aromatic heterocycles. The van der Waals surface area contributed by atoms with E-state index in [1.54, 1.807) is 10.9 Å². The second-order valence-corrected chi connectivity index (χ2v) is 7.99. The van der Waals surface area contributed by atoms with Crippen LogP contribution >= 0.6 is 0 Å². The summed E-state index contributed by atoms with van der Waals surface area (Å²) in [4.78, 5) is 28.7. The number of rotatable bonds is 6. The van der Waals surface area contributed by atoms with Crippen LogP contribution in [0.4, 0.5) is 0 Å². The van der Waals surface area contributed by atoms with Gasteiger partial charge in [0.1, 0.15) is 6.04 Å². The maximum atomic E-state index is 12.9. The number of benzene rings is 2. The van der Waals surface area contributed by atoms with Crippen molar-refractivity contribution in [3.8, 4) is 0 Å². The van der Waals surface area contributed by atoms with Crippen molar-refractivity contribution < 1.29 is 9.59 Å². The van der Waals surface area contributed by atoms with E-state index < -0.39 is 11.9 Å². The third-order valence-electron chi connectivity index (χ3n) is 4.80. The fourth-order valence-corrected chi connectivity index (χ4v) is 3.16. The molecule has 0 aliphatic carbocycles. The van der Waals surface area contributed by atoms with E-state index in [1.807, 2.05) is 36.4 Å². The molecule has 3 aromatic rings. The van der Waals surface area contributed by atoms with Crippen LogP contribution in [0.15, 0.2) is 54.9 Å². The molecule has 1 atom stereocenters. The average Bonchev–Trinajstić information content (AvgIpc) is 3.07. The first kappa shape index (κ1) is 19.6. The van der Waals surface area contributed by atoms with E-state index in [0.717, 1.165) is 16.6 Å². The van der Waals surface area contributed by atoms with Gasteiger partial charge in [0, 0.05) is 6.54 Å². The van der Waals surface area contributed by atoms with Crippen molar-refractivity contribution in [1.82, 2.24) is 14.9 Å².